The Morgan fingerprint density at radius 2 is 1.96 bits per heavy atom. The van der Waals surface area contributed by atoms with Crippen LogP contribution in [-0.2, 0) is 6.54 Å². The molecule has 0 radical (unpaired) electrons. The van der Waals surface area contributed by atoms with Crippen molar-refractivity contribution in [2.75, 3.05) is 39.3 Å². The number of aromatic nitrogens is 1. The van der Waals surface area contributed by atoms with E-state index in [0.29, 0.717) is 31.1 Å². The van der Waals surface area contributed by atoms with Crippen LogP contribution < -0.4 is 14.4 Å². The van der Waals surface area contributed by atoms with Crippen molar-refractivity contribution >= 4 is 21.7 Å². The van der Waals surface area contributed by atoms with Gasteiger partial charge in [0.25, 0.3) is 0 Å². The highest BCUT2D eigenvalue weighted by Gasteiger charge is 2.36. The minimum atomic E-state index is -0.925. The van der Waals surface area contributed by atoms with Gasteiger partial charge in [-0.2, -0.15) is 0 Å². The average molecular weight is 424 g/mol. The average Bonchev–Trinajstić information content (AvgIpc) is 3.04. The summed E-state index contributed by atoms with van der Waals surface area (Å²) in [6, 6.07) is 9.44. The zero-order valence-electron chi connectivity index (χ0n) is 15.2. The van der Waals surface area contributed by atoms with Crippen molar-refractivity contribution in [3.8, 4) is 11.5 Å². The fraction of sp³-hybridized carbons (Fsp3) is 0.421. The Morgan fingerprint density at radius 1 is 1.19 bits per heavy atom. The zero-order chi connectivity index (χ0) is 18.7. The lowest BCUT2D eigenvalue weighted by Crippen LogP contribution is -2.38. The molecule has 1 aromatic carbocycles. The van der Waals surface area contributed by atoms with Gasteiger partial charge in [0.1, 0.15) is 12.0 Å². The Hall–Kier alpha value is -1.86. The van der Waals surface area contributed by atoms with Gasteiger partial charge in [-0.05, 0) is 52.8 Å². The lowest BCUT2D eigenvalue weighted by molar-refractivity contribution is 0.167. The molecule has 0 amide bonds. The molecule has 5 nitrogen and oxygen atoms in total. The van der Waals surface area contributed by atoms with Crippen molar-refractivity contribution in [2.45, 2.75) is 18.8 Å². The number of benzene rings is 1. The van der Waals surface area contributed by atoms with E-state index >= 15 is 0 Å². The summed E-state index contributed by atoms with van der Waals surface area (Å²) in [7, 11) is 5.18. The van der Waals surface area contributed by atoms with Gasteiger partial charge in [-0.3, -0.25) is 4.90 Å². The zero-order valence-corrected chi connectivity index (χ0v) is 16.7. The van der Waals surface area contributed by atoms with E-state index in [0.717, 1.165) is 15.9 Å². The van der Waals surface area contributed by atoms with Crippen LogP contribution in [0.3, 0.4) is 0 Å². The number of pyridine rings is 1. The number of nitrogens with zero attached hydrogens (tertiary/aromatic N) is 3. The molecule has 0 N–H and O–H groups in total. The van der Waals surface area contributed by atoms with Crippen molar-refractivity contribution in [3.05, 3.63) is 46.6 Å². The molecule has 2 heterocycles. The van der Waals surface area contributed by atoms with E-state index in [9.17, 15) is 4.39 Å². The van der Waals surface area contributed by atoms with Crippen molar-refractivity contribution < 1.29 is 13.9 Å². The molecule has 0 spiro atoms. The second-order valence-electron chi connectivity index (χ2n) is 6.43. The van der Waals surface area contributed by atoms with Gasteiger partial charge < -0.3 is 14.4 Å². The maximum absolute atomic E-state index is 14.7. The lowest BCUT2D eigenvalue weighted by atomic mass is 10.1. The van der Waals surface area contributed by atoms with Crippen LogP contribution in [0.15, 0.2) is 41.0 Å². The molecular formula is C19H23BrFN3O2. The minimum absolute atomic E-state index is 0.187. The smallest absolute Gasteiger partial charge is 0.161 e. The molecule has 1 aliphatic rings. The van der Waals surface area contributed by atoms with Crippen LogP contribution in [-0.4, -0.2) is 56.5 Å². The third-order valence-electron chi connectivity index (χ3n) is 4.70. The highest BCUT2D eigenvalue weighted by Crippen LogP contribution is 2.29. The first kappa shape index (κ1) is 18.9. The molecule has 2 atom stereocenters. The largest absolute Gasteiger partial charge is 0.493 e. The molecule has 2 aromatic rings. The first-order chi connectivity index (χ1) is 12.5. The number of rotatable bonds is 6. The number of likely N-dealkylation sites (N-methyl/N-ethyl adjacent to an activating group) is 1. The molecule has 1 aliphatic heterocycles. The van der Waals surface area contributed by atoms with Crippen molar-refractivity contribution in [1.29, 1.82) is 0 Å². The molecular weight excluding hydrogens is 401 g/mol. The van der Waals surface area contributed by atoms with Gasteiger partial charge in [0.2, 0.25) is 0 Å². The number of anilines is 1. The Kier molecular flexibility index (Phi) is 5.98. The Balaban J connectivity index is 1.68. The topological polar surface area (TPSA) is 37.8 Å². The molecule has 1 fully saturated rings. The lowest BCUT2D eigenvalue weighted by Gasteiger charge is -2.26. The summed E-state index contributed by atoms with van der Waals surface area (Å²) in [5.74, 6) is 2.18. The second-order valence-corrected chi connectivity index (χ2v) is 7.34. The van der Waals surface area contributed by atoms with E-state index in [-0.39, 0.29) is 6.04 Å². The molecule has 0 saturated carbocycles. The van der Waals surface area contributed by atoms with Crippen LogP contribution >= 0.6 is 15.9 Å². The standard InChI is InChI=1S/C19H23BrFN3O2/c1-23(10-13-4-6-17(25-2)18(8-13)26-3)16-12-24(11-15(16)21)19-7-5-14(20)9-22-19/h4-9,15-16H,10-12H2,1-3H3/t15-,16+/m0/s1. The number of hydrogen-bond acceptors (Lipinski definition) is 5. The van der Waals surface area contributed by atoms with Crippen LogP contribution in [0.5, 0.6) is 11.5 Å². The van der Waals surface area contributed by atoms with Crippen LogP contribution in [0.25, 0.3) is 0 Å². The first-order valence-electron chi connectivity index (χ1n) is 8.43. The van der Waals surface area contributed by atoms with Crippen molar-refractivity contribution in [3.63, 3.8) is 0 Å². The van der Waals surface area contributed by atoms with E-state index in [2.05, 4.69) is 20.9 Å². The fourth-order valence-corrected chi connectivity index (χ4v) is 3.52. The number of alkyl halides is 1. The van der Waals surface area contributed by atoms with E-state index in [1.807, 2.05) is 47.2 Å². The van der Waals surface area contributed by atoms with Gasteiger partial charge in [-0.25, -0.2) is 9.37 Å². The number of halogens is 2. The number of hydrogen-bond donors (Lipinski definition) is 0. The number of ether oxygens (including phenoxy) is 2. The van der Waals surface area contributed by atoms with Gasteiger partial charge in [0.05, 0.1) is 26.8 Å². The van der Waals surface area contributed by atoms with Crippen LogP contribution in [0, 0.1) is 0 Å². The predicted octanol–water partition coefficient (Wildman–Crippen LogP) is 3.52. The van der Waals surface area contributed by atoms with E-state index in [4.69, 9.17) is 9.47 Å². The van der Waals surface area contributed by atoms with Crippen LogP contribution in [0.2, 0.25) is 0 Å². The van der Waals surface area contributed by atoms with E-state index in [1.165, 1.54) is 0 Å². The summed E-state index contributed by atoms with van der Waals surface area (Å²) in [6.45, 7) is 1.60. The second kappa shape index (κ2) is 8.22. The molecule has 7 heteroatoms. The summed E-state index contributed by atoms with van der Waals surface area (Å²) < 4.78 is 26.2. The predicted molar refractivity (Wildman–Crippen MR) is 104 cm³/mol. The maximum atomic E-state index is 14.7. The monoisotopic (exact) mass is 423 g/mol. The van der Waals surface area contributed by atoms with Gasteiger partial charge in [0, 0.05) is 23.8 Å². The van der Waals surface area contributed by atoms with Crippen molar-refractivity contribution in [1.82, 2.24) is 9.88 Å². The highest BCUT2D eigenvalue weighted by atomic mass is 79.9. The molecule has 140 valence electrons. The van der Waals surface area contributed by atoms with E-state index in [1.54, 1.807) is 20.4 Å². The first-order valence-corrected chi connectivity index (χ1v) is 9.23. The van der Waals surface area contributed by atoms with Gasteiger partial charge in [-0.1, -0.05) is 6.07 Å². The Labute approximate surface area is 161 Å². The summed E-state index contributed by atoms with van der Waals surface area (Å²) in [4.78, 5) is 8.42. The summed E-state index contributed by atoms with van der Waals surface area (Å²) >= 11 is 3.38. The summed E-state index contributed by atoms with van der Waals surface area (Å²) in [6.07, 6.45) is 0.814. The fourth-order valence-electron chi connectivity index (χ4n) is 3.29. The quantitative estimate of drug-likeness (QED) is 0.710. The van der Waals surface area contributed by atoms with Crippen LogP contribution in [0.4, 0.5) is 10.2 Å². The third-order valence-corrected chi connectivity index (χ3v) is 5.17. The number of methoxy groups -OCH3 is 2. The Bertz CT molecular complexity index is 744. The van der Waals surface area contributed by atoms with Gasteiger partial charge >= 0.3 is 0 Å². The third kappa shape index (κ3) is 4.10. The van der Waals surface area contributed by atoms with Gasteiger partial charge in [0.15, 0.2) is 11.5 Å². The normalized spacial score (nSPS) is 19.8. The molecule has 1 aromatic heterocycles. The molecule has 26 heavy (non-hydrogen) atoms. The van der Waals surface area contributed by atoms with Crippen molar-refractivity contribution in [2.24, 2.45) is 0 Å². The molecule has 0 bridgehead atoms. The van der Waals surface area contributed by atoms with Crippen LogP contribution in [0.1, 0.15) is 5.56 Å². The molecule has 3 rings (SSSR count). The maximum Gasteiger partial charge on any atom is 0.161 e. The summed E-state index contributed by atoms with van der Waals surface area (Å²) in [5, 5.41) is 0. The molecule has 1 saturated heterocycles. The van der Waals surface area contributed by atoms with E-state index < -0.39 is 6.17 Å². The SMILES string of the molecule is COc1ccc(CN(C)[C@@H]2CN(c3ccc(Br)cn3)C[C@@H]2F)cc1OC. The highest BCUT2D eigenvalue weighted by molar-refractivity contribution is 9.10. The Morgan fingerprint density at radius 3 is 2.62 bits per heavy atom. The summed E-state index contributed by atoms with van der Waals surface area (Å²) in [5.41, 5.74) is 1.05. The van der Waals surface area contributed by atoms with Gasteiger partial charge in [-0.15, -0.1) is 0 Å². The molecule has 0 aliphatic carbocycles. The minimum Gasteiger partial charge on any atom is -0.493 e. The molecule has 0 unspecified atom stereocenters.